The van der Waals surface area contributed by atoms with Gasteiger partial charge in [0.05, 0.1) is 6.61 Å². The molecule has 0 aromatic rings. The highest BCUT2D eigenvalue weighted by Crippen LogP contribution is 2.27. The molecule has 2 rings (SSSR count). The molecule has 0 amide bonds. The van der Waals surface area contributed by atoms with Crippen LogP contribution < -0.4 is 5.32 Å². The van der Waals surface area contributed by atoms with Gasteiger partial charge in [-0.1, -0.05) is 12.8 Å². The lowest BCUT2D eigenvalue weighted by Gasteiger charge is -2.31. The first-order valence-electron chi connectivity index (χ1n) is 8.18. The van der Waals surface area contributed by atoms with E-state index in [9.17, 15) is 5.11 Å². The van der Waals surface area contributed by atoms with Crippen molar-refractivity contribution < 1.29 is 5.11 Å². The van der Waals surface area contributed by atoms with E-state index in [0.29, 0.717) is 6.04 Å². The summed E-state index contributed by atoms with van der Waals surface area (Å²) in [6, 6.07) is 0.679. The molecule has 0 bridgehead atoms. The maximum absolute atomic E-state index is 9.56. The van der Waals surface area contributed by atoms with Crippen molar-refractivity contribution in [2.45, 2.75) is 69.9 Å². The second kappa shape index (κ2) is 7.05. The van der Waals surface area contributed by atoms with E-state index in [4.69, 9.17) is 0 Å². The van der Waals surface area contributed by atoms with Crippen molar-refractivity contribution in [3.63, 3.8) is 0 Å². The summed E-state index contributed by atoms with van der Waals surface area (Å²) in [4.78, 5) is 2.49. The van der Waals surface area contributed by atoms with Crippen molar-refractivity contribution in [1.82, 2.24) is 10.2 Å². The van der Waals surface area contributed by atoms with Gasteiger partial charge in [-0.05, 0) is 65.0 Å². The molecule has 19 heavy (non-hydrogen) atoms. The fourth-order valence-electron chi connectivity index (χ4n) is 3.02. The average molecular weight is 268 g/mol. The fraction of sp³-hybridized carbons (Fsp3) is 1.00. The summed E-state index contributed by atoms with van der Waals surface area (Å²) in [6.45, 7) is 4.93. The van der Waals surface area contributed by atoms with Crippen molar-refractivity contribution in [3.05, 3.63) is 0 Å². The standard InChI is InChI=1S/C16H32N2O/c1-16(13-19,17-15-8-9-15)10-3-4-11-18(2)12-14-6-5-7-14/h14-15,17,19H,3-13H2,1-2H3. The molecular formula is C16H32N2O. The van der Waals surface area contributed by atoms with Crippen LogP contribution in [0.15, 0.2) is 0 Å². The number of aliphatic hydroxyl groups is 1. The second-order valence-corrected chi connectivity index (χ2v) is 7.15. The largest absolute Gasteiger partial charge is 0.394 e. The predicted octanol–water partition coefficient (Wildman–Crippen LogP) is 2.39. The lowest BCUT2D eigenvalue weighted by atomic mass is 9.85. The van der Waals surface area contributed by atoms with Gasteiger partial charge >= 0.3 is 0 Å². The predicted molar refractivity (Wildman–Crippen MR) is 80.3 cm³/mol. The van der Waals surface area contributed by atoms with Gasteiger partial charge in [0.1, 0.15) is 0 Å². The van der Waals surface area contributed by atoms with Crippen LogP contribution in [0.5, 0.6) is 0 Å². The highest BCUT2D eigenvalue weighted by atomic mass is 16.3. The molecule has 2 saturated carbocycles. The zero-order chi connectivity index (χ0) is 13.7. The minimum absolute atomic E-state index is 0.0479. The molecule has 112 valence electrons. The topological polar surface area (TPSA) is 35.5 Å². The van der Waals surface area contributed by atoms with Gasteiger partial charge in [0.15, 0.2) is 0 Å². The highest BCUT2D eigenvalue weighted by molar-refractivity contribution is 4.92. The molecule has 0 aliphatic heterocycles. The van der Waals surface area contributed by atoms with E-state index in [2.05, 4.69) is 24.2 Å². The van der Waals surface area contributed by atoms with Gasteiger partial charge in [-0.2, -0.15) is 0 Å². The van der Waals surface area contributed by atoms with E-state index in [1.54, 1.807) is 0 Å². The molecule has 1 atom stereocenters. The van der Waals surface area contributed by atoms with Crippen molar-refractivity contribution in [3.8, 4) is 0 Å². The van der Waals surface area contributed by atoms with Crippen molar-refractivity contribution in [1.29, 1.82) is 0 Å². The van der Waals surface area contributed by atoms with Crippen LogP contribution in [0.3, 0.4) is 0 Å². The molecule has 0 heterocycles. The molecule has 3 nitrogen and oxygen atoms in total. The fourth-order valence-corrected chi connectivity index (χ4v) is 3.02. The number of unbranched alkanes of at least 4 members (excludes halogenated alkanes) is 1. The maximum Gasteiger partial charge on any atom is 0.0610 e. The second-order valence-electron chi connectivity index (χ2n) is 7.15. The normalized spacial score (nSPS) is 23.4. The lowest BCUT2D eigenvalue weighted by Crippen LogP contribution is -2.47. The highest BCUT2D eigenvalue weighted by Gasteiger charge is 2.31. The molecule has 0 aromatic heterocycles. The summed E-state index contributed by atoms with van der Waals surface area (Å²) in [5.74, 6) is 0.976. The Balaban J connectivity index is 1.53. The Kier molecular flexibility index (Phi) is 5.67. The smallest absolute Gasteiger partial charge is 0.0610 e. The van der Waals surface area contributed by atoms with Crippen LogP contribution in [0.4, 0.5) is 0 Å². The van der Waals surface area contributed by atoms with Gasteiger partial charge in [0.25, 0.3) is 0 Å². The quantitative estimate of drug-likeness (QED) is 0.597. The Morgan fingerprint density at radius 3 is 2.47 bits per heavy atom. The number of hydrogen-bond acceptors (Lipinski definition) is 3. The van der Waals surface area contributed by atoms with E-state index >= 15 is 0 Å². The molecular weight excluding hydrogens is 236 g/mol. The van der Waals surface area contributed by atoms with Gasteiger partial charge < -0.3 is 15.3 Å². The van der Waals surface area contributed by atoms with Gasteiger partial charge in [-0.15, -0.1) is 0 Å². The number of hydrogen-bond donors (Lipinski definition) is 2. The van der Waals surface area contributed by atoms with Gasteiger partial charge in [0, 0.05) is 18.1 Å². The van der Waals surface area contributed by atoms with Crippen LogP contribution in [0.2, 0.25) is 0 Å². The third-order valence-electron chi connectivity index (χ3n) is 4.79. The zero-order valence-electron chi connectivity index (χ0n) is 12.8. The SMILES string of the molecule is CN(CCCCC(C)(CO)NC1CC1)CC1CCC1. The molecule has 0 spiro atoms. The molecule has 0 radical (unpaired) electrons. The van der Waals surface area contributed by atoms with E-state index in [0.717, 1.165) is 12.3 Å². The third kappa shape index (κ3) is 5.41. The Morgan fingerprint density at radius 1 is 1.21 bits per heavy atom. The van der Waals surface area contributed by atoms with Crippen molar-refractivity contribution >= 4 is 0 Å². The Morgan fingerprint density at radius 2 is 1.95 bits per heavy atom. The van der Waals surface area contributed by atoms with Crippen LogP contribution in [0.25, 0.3) is 0 Å². The summed E-state index contributed by atoms with van der Waals surface area (Å²) in [5.41, 5.74) is -0.0479. The van der Waals surface area contributed by atoms with Gasteiger partial charge in [-0.25, -0.2) is 0 Å². The van der Waals surface area contributed by atoms with Crippen LogP contribution in [-0.4, -0.2) is 48.3 Å². The molecule has 1 unspecified atom stereocenters. The molecule has 2 aliphatic rings. The van der Waals surface area contributed by atoms with Crippen LogP contribution >= 0.6 is 0 Å². The first kappa shape index (κ1) is 15.3. The maximum atomic E-state index is 9.56. The zero-order valence-corrected chi connectivity index (χ0v) is 12.8. The monoisotopic (exact) mass is 268 g/mol. The lowest BCUT2D eigenvalue weighted by molar-refractivity contribution is 0.157. The number of rotatable bonds is 10. The van der Waals surface area contributed by atoms with Crippen LogP contribution in [0.1, 0.15) is 58.3 Å². The van der Waals surface area contributed by atoms with Crippen LogP contribution in [0, 0.1) is 5.92 Å². The summed E-state index contributed by atoms with van der Waals surface area (Å²) in [6.07, 6.45) is 10.5. The number of nitrogens with zero attached hydrogens (tertiary/aromatic N) is 1. The molecule has 0 saturated heterocycles. The summed E-state index contributed by atoms with van der Waals surface area (Å²) in [7, 11) is 2.26. The first-order valence-corrected chi connectivity index (χ1v) is 8.18. The van der Waals surface area contributed by atoms with E-state index in [1.165, 1.54) is 58.0 Å². The van der Waals surface area contributed by atoms with E-state index in [-0.39, 0.29) is 12.1 Å². The Hall–Kier alpha value is -0.120. The molecule has 2 N–H and O–H groups in total. The third-order valence-corrected chi connectivity index (χ3v) is 4.79. The molecule has 2 aliphatic carbocycles. The van der Waals surface area contributed by atoms with Gasteiger partial charge in [-0.3, -0.25) is 0 Å². The van der Waals surface area contributed by atoms with E-state index < -0.39 is 0 Å². The molecule has 0 aromatic carbocycles. The van der Waals surface area contributed by atoms with E-state index in [1.807, 2.05) is 0 Å². The van der Waals surface area contributed by atoms with Crippen LogP contribution in [-0.2, 0) is 0 Å². The Bertz CT molecular complexity index is 263. The molecule has 3 heteroatoms. The van der Waals surface area contributed by atoms with Crippen molar-refractivity contribution in [2.75, 3.05) is 26.7 Å². The first-order chi connectivity index (χ1) is 9.11. The minimum Gasteiger partial charge on any atom is -0.394 e. The Labute approximate surface area is 118 Å². The minimum atomic E-state index is -0.0479. The number of aliphatic hydroxyl groups excluding tert-OH is 1. The number of nitrogens with one attached hydrogen (secondary N) is 1. The van der Waals surface area contributed by atoms with Crippen molar-refractivity contribution in [2.24, 2.45) is 5.92 Å². The summed E-state index contributed by atoms with van der Waals surface area (Å²) in [5, 5.41) is 13.1. The summed E-state index contributed by atoms with van der Waals surface area (Å²) >= 11 is 0. The summed E-state index contributed by atoms with van der Waals surface area (Å²) < 4.78 is 0. The molecule has 2 fully saturated rings. The average Bonchev–Trinajstić information content (AvgIpc) is 3.13. The van der Waals surface area contributed by atoms with Gasteiger partial charge in [0.2, 0.25) is 0 Å².